The summed E-state index contributed by atoms with van der Waals surface area (Å²) in [7, 11) is 0. The minimum atomic E-state index is 0.770. The molecule has 10 heavy (non-hydrogen) atoms. The maximum Gasteiger partial charge on any atom is 0.144 e. The second-order valence-corrected chi connectivity index (χ2v) is 1.94. The van der Waals surface area contributed by atoms with E-state index in [0.717, 1.165) is 12.8 Å². The number of carbonyl (C=O) groups excluding carboxylic acids is 1. The molecule has 0 bridgehead atoms. The Bertz CT molecular complexity index is 191. The van der Waals surface area contributed by atoms with Gasteiger partial charge in [0, 0.05) is 18.9 Å². The van der Waals surface area contributed by atoms with Gasteiger partial charge in [-0.15, -0.1) is 0 Å². The molecular formula is C8H9NO. The fourth-order valence-electron chi connectivity index (χ4n) is 0.738. The highest BCUT2D eigenvalue weighted by Crippen LogP contribution is 1.97. The summed E-state index contributed by atoms with van der Waals surface area (Å²) < 4.78 is 0. The van der Waals surface area contributed by atoms with Crippen LogP contribution in [-0.4, -0.2) is 17.7 Å². The van der Waals surface area contributed by atoms with Crippen LogP contribution in [0.3, 0.4) is 0 Å². The molecule has 0 radical (unpaired) electrons. The minimum Gasteiger partial charge on any atom is -0.350 e. The molecule has 0 aromatic heterocycles. The Morgan fingerprint density at radius 3 is 2.90 bits per heavy atom. The maximum absolute atomic E-state index is 9.89. The summed E-state index contributed by atoms with van der Waals surface area (Å²) in [6.45, 7) is 0.848. The van der Waals surface area contributed by atoms with Crippen LogP contribution in [0.1, 0.15) is 0 Å². The molecule has 1 heterocycles. The lowest BCUT2D eigenvalue weighted by Gasteiger charge is -2.13. The van der Waals surface area contributed by atoms with Gasteiger partial charge in [0.05, 0.1) is 0 Å². The molecule has 0 saturated heterocycles. The zero-order valence-electron chi connectivity index (χ0n) is 5.60. The van der Waals surface area contributed by atoms with Gasteiger partial charge in [-0.25, -0.2) is 0 Å². The summed E-state index contributed by atoms with van der Waals surface area (Å²) >= 11 is 0. The first-order valence-corrected chi connectivity index (χ1v) is 3.14. The second kappa shape index (κ2) is 3.67. The van der Waals surface area contributed by atoms with Gasteiger partial charge in [-0.3, -0.25) is 4.79 Å². The van der Waals surface area contributed by atoms with Crippen LogP contribution in [0.15, 0.2) is 36.7 Å². The molecule has 2 nitrogen and oxygen atoms in total. The third-order valence-corrected chi connectivity index (χ3v) is 1.20. The molecule has 1 aliphatic heterocycles. The normalized spacial score (nSPS) is 16.6. The Morgan fingerprint density at radius 2 is 2.30 bits per heavy atom. The quantitative estimate of drug-likeness (QED) is 0.417. The number of hydrogen-bond acceptors (Lipinski definition) is 2. The Balaban J connectivity index is 2.43. The number of allylic oxidation sites excluding steroid dienone is 3. The number of nitrogens with zero attached hydrogens (tertiary/aromatic N) is 1. The fourth-order valence-corrected chi connectivity index (χ4v) is 0.738. The largest absolute Gasteiger partial charge is 0.350 e. The predicted octanol–water partition coefficient (Wildman–Crippen LogP) is 1.08. The average Bonchev–Trinajstić information content (AvgIpc) is 2.03. The maximum atomic E-state index is 9.89. The topological polar surface area (TPSA) is 20.3 Å². The van der Waals surface area contributed by atoms with Crippen molar-refractivity contribution in [1.29, 1.82) is 0 Å². The van der Waals surface area contributed by atoms with E-state index in [9.17, 15) is 4.79 Å². The molecule has 0 fully saturated rings. The zero-order valence-corrected chi connectivity index (χ0v) is 5.60. The molecule has 0 spiro atoms. The average molecular weight is 135 g/mol. The number of rotatable bonds is 2. The van der Waals surface area contributed by atoms with Crippen molar-refractivity contribution in [3.8, 4) is 0 Å². The van der Waals surface area contributed by atoms with E-state index in [2.05, 4.69) is 0 Å². The van der Waals surface area contributed by atoms with E-state index < -0.39 is 0 Å². The predicted molar refractivity (Wildman–Crippen MR) is 40.2 cm³/mol. The first-order chi connectivity index (χ1) is 4.93. The van der Waals surface area contributed by atoms with Gasteiger partial charge in [0.1, 0.15) is 6.29 Å². The van der Waals surface area contributed by atoms with Crippen LogP contribution in [0.25, 0.3) is 0 Å². The van der Waals surface area contributed by atoms with Gasteiger partial charge < -0.3 is 4.90 Å². The van der Waals surface area contributed by atoms with Gasteiger partial charge in [0.2, 0.25) is 0 Å². The highest BCUT2D eigenvalue weighted by Gasteiger charge is 1.91. The van der Waals surface area contributed by atoms with Gasteiger partial charge in [-0.1, -0.05) is 12.2 Å². The molecule has 0 N–H and O–H groups in total. The minimum absolute atomic E-state index is 0.770. The van der Waals surface area contributed by atoms with Crippen LogP contribution in [0.4, 0.5) is 0 Å². The van der Waals surface area contributed by atoms with Crippen LogP contribution in [-0.2, 0) is 4.79 Å². The Morgan fingerprint density at radius 1 is 1.40 bits per heavy atom. The van der Waals surface area contributed by atoms with E-state index in [1.807, 2.05) is 29.3 Å². The van der Waals surface area contributed by atoms with E-state index in [1.165, 1.54) is 6.08 Å². The fraction of sp³-hybridized carbons (Fsp3) is 0.125. The molecule has 2 heteroatoms. The number of carbonyl (C=O) groups is 1. The van der Waals surface area contributed by atoms with E-state index in [0.29, 0.717) is 0 Å². The lowest BCUT2D eigenvalue weighted by Crippen LogP contribution is -2.10. The molecule has 0 aromatic rings. The van der Waals surface area contributed by atoms with Crippen molar-refractivity contribution in [2.24, 2.45) is 0 Å². The van der Waals surface area contributed by atoms with Crippen molar-refractivity contribution in [3.05, 3.63) is 36.7 Å². The van der Waals surface area contributed by atoms with Crippen LogP contribution in [0, 0.1) is 0 Å². The SMILES string of the molecule is O=CC=CN1C=CC=CC1. The molecule has 0 unspecified atom stereocenters. The highest BCUT2D eigenvalue weighted by atomic mass is 16.1. The van der Waals surface area contributed by atoms with Crippen LogP contribution < -0.4 is 0 Å². The van der Waals surface area contributed by atoms with Crippen molar-refractivity contribution in [3.63, 3.8) is 0 Å². The third-order valence-electron chi connectivity index (χ3n) is 1.20. The van der Waals surface area contributed by atoms with E-state index in [1.54, 1.807) is 6.20 Å². The Labute approximate surface area is 60.1 Å². The molecule has 0 atom stereocenters. The van der Waals surface area contributed by atoms with Gasteiger partial charge in [-0.2, -0.15) is 0 Å². The Hall–Kier alpha value is -1.31. The lowest BCUT2D eigenvalue weighted by molar-refractivity contribution is -0.104. The van der Waals surface area contributed by atoms with Crippen LogP contribution >= 0.6 is 0 Å². The van der Waals surface area contributed by atoms with Gasteiger partial charge in [-0.05, 0) is 12.2 Å². The molecule has 0 amide bonds. The third kappa shape index (κ3) is 1.90. The Kier molecular flexibility index (Phi) is 2.49. The number of aldehydes is 1. The monoisotopic (exact) mass is 135 g/mol. The van der Waals surface area contributed by atoms with Crippen molar-refractivity contribution < 1.29 is 4.79 Å². The van der Waals surface area contributed by atoms with Crippen LogP contribution in [0.5, 0.6) is 0 Å². The first-order valence-electron chi connectivity index (χ1n) is 3.14. The molecule has 1 aliphatic rings. The van der Waals surface area contributed by atoms with Crippen molar-refractivity contribution in [1.82, 2.24) is 4.90 Å². The summed E-state index contributed by atoms with van der Waals surface area (Å²) in [5, 5.41) is 0. The zero-order chi connectivity index (χ0) is 7.23. The summed E-state index contributed by atoms with van der Waals surface area (Å²) in [6.07, 6.45) is 11.8. The molecule has 1 rings (SSSR count). The molecular weight excluding hydrogens is 126 g/mol. The van der Waals surface area contributed by atoms with E-state index in [4.69, 9.17) is 0 Å². The van der Waals surface area contributed by atoms with Gasteiger partial charge in [0.15, 0.2) is 0 Å². The first kappa shape index (κ1) is 6.81. The lowest BCUT2D eigenvalue weighted by atomic mass is 10.4. The van der Waals surface area contributed by atoms with E-state index in [-0.39, 0.29) is 0 Å². The molecule has 0 saturated carbocycles. The van der Waals surface area contributed by atoms with Crippen LogP contribution in [0.2, 0.25) is 0 Å². The smallest absolute Gasteiger partial charge is 0.144 e. The van der Waals surface area contributed by atoms with E-state index >= 15 is 0 Å². The summed E-state index contributed by atoms with van der Waals surface area (Å²) in [6, 6.07) is 0. The number of hydrogen-bond donors (Lipinski definition) is 0. The van der Waals surface area contributed by atoms with Crippen molar-refractivity contribution in [2.45, 2.75) is 0 Å². The molecule has 0 aromatic carbocycles. The highest BCUT2D eigenvalue weighted by molar-refractivity contribution is 5.64. The van der Waals surface area contributed by atoms with Crippen molar-refractivity contribution in [2.75, 3.05) is 6.54 Å². The summed E-state index contributed by atoms with van der Waals surface area (Å²) in [4.78, 5) is 11.8. The van der Waals surface area contributed by atoms with Gasteiger partial charge >= 0.3 is 0 Å². The second-order valence-electron chi connectivity index (χ2n) is 1.94. The summed E-state index contributed by atoms with van der Waals surface area (Å²) in [5.74, 6) is 0. The summed E-state index contributed by atoms with van der Waals surface area (Å²) in [5.41, 5.74) is 0. The molecule has 0 aliphatic carbocycles. The van der Waals surface area contributed by atoms with Crippen molar-refractivity contribution >= 4 is 6.29 Å². The van der Waals surface area contributed by atoms with Gasteiger partial charge in [0.25, 0.3) is 0 Å². The molecule has 52 valence electrons. The standard InChI is InChI=1S/C8H9NO/c10-8-4-7-9-5-2-1-3-6-9/h1-5,7-8H,6H2.